The van der Waals surface area contributed by atoms with Gasteiger partial charge in [0, 0.05) is 26.1 Å². The minimum absolute atomic E-state index is 0.204. The zero-order valence-corrected chi connectivity index (χ0v) is 11.5. The van der Waals surface area contributed by atoms with E-state index in [1.165, 1.54) is 16.1 Å². The van der Waals surface area contributed by atoms with Gasteiger partial charge in [0.2, 0.25) is 15.9 Å². The van der Waals surface area contributed by atoms with Crippen LogP contribution in [-0.4, -0.2) is 66.0 Å². The highest BCUT2D eigenvalue weighted by atomic mass is 32.2. The lowest BCUT2D eigenvalue weighted by Crippen LogP contribution is -2.61. The largest absolute Gasteiger partial charge is 0.481 e. The summed E-state index contributed by atoms with van der Waals surface area (Å²) in [6.07, 6.45) is 0.831. The van der Waals surface area contributed by atoms with E-state index in [0.29, 0.717) is 0 Å². The lowest BCUT2D eigenvalue weighted by atomic mass is 10.0. The van der Waals surface area contributed by atoms with Crippen LogP contribution in [0.1, 0.15) is 20.3 Å². The molecule has 0 aromatic rings. The van der Waals surface area contributed by atoms with E-state index in [9.17, 15) is 18.0 Å². The molecular formula is C10H18N2O5S. The highest BCUT2D eigenvalue weighted by molar-refractivity contribution is 7.88. The van der Waals surface area contributed by atoms with Crippen molar-refractivity contribution in [3.05, 3.63) is 0 Å². The monoisotopic (exact) mass is 278 g/mol. The molecule has 0 aromatic heterocycles. The lowest BCUT2D eigenvalue weighted by Gasteiger charge is -2.44. The average molecular weight is 278 g/mol. The molecule has 1 aliphatic heterocycles. The number of piperazine rings is 1. The highest BCUT2D eigenvalue weighted by Crippen LogP contribution is 2.22. The number of amides is 1. The predicted octanol–water partition coefficient (Wildman–Crippen LogP) is -0.658. The molecule has 0 saturated carbocycles. The van der Waals surface area contributed by atoms with Gasteiger partial charge in [-0.3, -0.25) is 9.59 Å². The van der Waals surface area contributed by atoms with Crippen LogP contribution in [0.25, 0.3) is 0 Å². The van der Waals surface area contributed by atoms with E-state index in [1.54, 1.807) is 6.92 Å². The van der Waals surface area contributed by atoms with Gasteiger partial charge in [0.25, 0.3) is 0 Å². The number of hydrogen-bond acceptors (Lipinski definition) is 4. The molecule has 1 aliphatic rings. The fourth-order valence-electron chi connectivity index (χ4n) is 2.35. The molecule has 2 atom stereocenters. The first-order chi connectivity index (χ1) is 8.14. The van der Waals surface area contributed by atoms with E-state index >= 15 is 0 Å². The molecule has 0 aliphatic carbocycles. The van der Waals surface area contributed by atoms with Gasteiger partial charge in [-0.2, -0.15) is 4.31 Å². The molecule has 7 nitrogen and oxygen atoms in total. The van der Waals surface area contributed by atoms with Crippen LogP contribution < -0.4 is 0 Å². The Morgan fingerprint density at radius 2 is 1.89 bits per heavy atom. The van der Waals surface area contributed by atoms with Gasteiger partial charge in [-0.05, 0) is 6.92 Å². The Bertz CT molecular complexity index is 447. The van der Waals surface area contributed by atoms with Crippen molar-refractivity contribution in [3.8, 4) is 0 Å². The molecular weight excluding hydrogens is 260 g/mol. The molecule has 18 heavy (non-hydrogen) atoms. The van der Waals surface area contributed by atoms with E-state index in [4.69, 9.17) is 5.11 Å². The van der Waals surface area contributed by atoms with Gasteiger partial charge in [0.05, 0.1) is 18.7 Å². The molecule has 0 spiro atoms. The minimum atomic E-state index is -3.39. The summed E-state index contributed by atoms with van der Waals surface area (Å²) in [4.78, 5) is 23.7. The van der Waals surface area contributed by atoms with Gasteiger partial charge < -0.3 is 10.0 Å². The fourth-order valence-corrected chi connectivity index (χ4v) is 3.50. The molecule has 0 aromatic carbocycles. The maximum atomic E-state index is 11.6. The molecule has 1 saturated heterocycles. The van der Waals surface area contributed by atoms with Crippen LogP contribution >= 0.6 is 0 Å². The molecule has 1 fully saturated rings. The number of carboxylic acids is 1. The maximum absolute atomic E-state index is 11.6. The van der Waals surface area contributed by atoms with Crippen LogP contribution in [-0.2, 0) is 19.6 Å². The normalized spacial score (nSPS) is 26.1. The number of carboxylic acid groups (broad SMARTS) is 1. The van der Waals surface area contributed by atoms with Crippen molar-refractivity contribution in [2.24, 2.45) is 0 Å². The van der Waals surface area contributed by atoms with Gasteiger partial charge in [0.15, 0.2) is 0 Å². The van der Waals surface area contributed by atoms with Crippen molar-refractivity contribution in [2.45, 2.75) is 32.4 Å². The van der Waals surface area contributed by atoms with Gasteiger partial charge in [-0.15, -0.1) is 0 Å². The number of aliphatic carboxylic acids is 1. The van der Waals surface area contributed by atoms with Crippen LogP contribution in [0.3, 0.4) is 0 Å². The van der Waals surface area contributed by atoms with Crippen molar-refractivity contribution in [2.75, 3.05) is 19.3 Å². The first-order valence-electron chi connectivity index (χ1n) is 5.60. The Labute approximate surface area is 106 Å². The summed E-state index contributed by atoms with van der Waals surface area (Å²) in [5, 5.41) is 8.87. The molecule has 8 heteroatoms. The van der Waals surface area contributed by atoms with E-state index in [1.807, 2.05) is 0 Å². The average Bonchev–Trinajstić information content (AvgIpc) is 2.17. The van der Waals surface area contributed by atoms with Gasteiger partial charge in [-0.1, -0.05) is 0 Å². The fraction of sp³-hybridized carbons (Fsp3) is 0.800. The van der Waals surface area contributed by atoms with E-state index in [2.05, 4.69) is 0 Å². The molecule has 1 amide bonds. The summed E-state index contributed by atoms with van der Waals surface area (Å²) >= 11 is 0. The third kappa shape index (κ3) is 3.20. The quantitative estimate of drug-likeness (QED) is 0.739. The number of sulfonamides is 1. The second kappa shape index (κ2) is 5.23. The predicted molar refractivity (Wildman–Crippen MR) is 64.4 cm³/mol. The SMILES string of the molecule is CC(=O)N1CCN(S(C)(=O)=O)[C@@H](C)[C@H]1CC(=O)O. The van der Waals surface area contributed by atoms with Crippen LogP contribution in [0.4, 0.5) is 0 Å². The summed E-state index contributed by atoms with van der Waals surface area (Å²) in [5.74, 6) is -1.28. The number of carbonyl (C=O) groups is 2. The summed E-state index contributed by atoms with van der Waals surface area (Å²) in [6, 6.07) is -1.16. The molecule has 104 valence electrons. The summed E-state index contributed by atoms with van der Waals surface area (Å²) in [6.45, 7) is 3.42. The van der Waals surface area contributed by atoms with Crippen LogP contribution in [0.5, 0.6) is 0 Å². The van der Waals surface area contributed by atoms with E-state index < -0.39 is 28.1 Å². The van der Waals surface area contributed by atoms with Gasteiger partial charge in [0.1, 0.15) is 0 Å². The Morgan fingerprint density at radius 1 is 1.33 bits per heavy atom. The maximum Gasteiger partial charge on any atom is 0.305 e. The lowest BCUT2D eigenvalue weighted by molar-refractivity contribution is -0.142. The van der Waals surface area contributed by atoms with Crippen molar-refractivity contribution < 1.29 is 23.1 Å². The van der Waals surface area contributed by atoms with Crippen LogP contribution in [0, 0.1) is 0 Å². The first kappa shape index (κ1) is 14.9. The molecule has 1 heterocycles. The topological polar surface area (TPSA) is 95.0 Å². The zero-order chi connectivity index (χ0) is 14.1. The number of rotatable bonds is 3. The number of hydrogen-bond donors (Lipinski definition) is 1. The molecule has 0 bridgehead atoms. The second-order valence-electron chi connectivity index (χ2n) is 4.49. The Kier molecular flexibility index (Phi) is 4.33. The van der Waals surface area contributed by atoms with Crippen molar-refractivity contribution in [1.82, 2.24) is 9.21 Å². The van der Waals surface area contributed by atoms with Gasteiger partial charge >= 0.3 is 5.97 Å². The van der Waals surface area contributed by atoms with Crippen molar-refractivity contribution >= 4 is 21.9 Å². The Morgan fingerprint density at radius 3 is 2.28 bits per heavy atom. The third-order valence-corrected chi connectivity index (χ3v) is 4.55. The van der Waals surface area contributed by atoms with E-state index in [-0.39, 0.29) is 25.4 Å². The van der Waals surface area contributed by atoms with Crippen LogP contribution in [0.2, 0.25) is 0 Å². The molecule has 1 N–H and O–H groups in total. The number of nitrogens with zero attached hydrogens (tertiary/aromatic N) is 2. The Hall–Kier alpha value is -1.15. The molecule has 0 radical (unpaired) electrons. The minimum Gasteiger partial charge on any atom is -0.481 e. The third-order valence-electron chi connectivity index (χ3n) is 3.19. The number of carbonyl (C=O) groups excluding carboxylic acids is 1. The standard InChI is InChI=1S/C10H18N2O5S/c1-7-9(6-10(14)15)11(8(2)13)4-5-12(7)18(3,16)17/h7,9H,4-6H2,1-3H3,(H,14,15)/t7-,9+/m0/s1. The summed E-state index contributed by atoms with van der Waals surface area (Å²) < 4.78 is 24.4. The first-order valence-corrected chi connectivity index (χ1v) is 7.45. The summed E-state index contributed by atoms with van der Waals surface area (Å²) in [5.41, 5.74) is 0. The highest BCUT2D eigenvalue weighted by Gasteiger charge is 2.39. The van der Waals surface area contributed by atoms with E-state index in [0.717, 1.165) is 6.26 Å². The summed E-state index contributed by atoms with van der Waals surface area (Å²) in [7, 11) is -3.39. The van der Waals surface area contributed by atoms with Crippen molar-refractivity contribution in [1.29, 1.82) is 0 Å². The smallest absolute Gasteiger partial charge is 0.305 e. The second-order valence-corrected chi connectivity index (χ2v) is 6.43. The molecule has 0 unspecified atom stereocenters. The van der Waals surface area contributed by atoms with Crippen molar-refractivity contribution in [3.63, 3.8) is 0 Å². The molecule has 1 rings (SSSR count). The Balaban J connectivity index is 3.01. The van der Waals surface area contributed by atoms with Gasteiger partial charge in [-0.25, -0.2) is 8.42 Å². The zero-order valence-electron chi connectivity index (χ0n) is 10.7. The van der Waals surface area contributed by atoms with Crippen LogP contribution in [0.15, 0.2) is 0 Å².